The Hall–Kier alpha value is -1.72. The minimum absolute atomic E-state index is 0.256. The van der Waals surface area contributed by atoms with Gasteiger partial charge >= 0.3 is 0 Å². The van der Waals surface area contributed by atoms with Crippen molar-refractivity contribution < 1.29 is 14.2 Å². The van der Waals surface area contributed by atoms with Gasteiger partial charge in [0.15, 0.2) is 11.5 Å². The molecule has 0 amide bonds. The van der Waals surface area contributed by atoms with Crippen molar-refractivity contribution in [2.24, 2.45) is 5.73 Å². The first kappa shape index (κ1) is 14.2. The average Bonchev–Trinajstić information content (AvgIpc) is 2.92. The molecule has 0 bridgehead atoms. The van der Waals surface area contributed by atoms with Gasteiger partial charge in [0.1, 0.15) is 12.4 Å². The molecule has 2 N–H and O–H groups in total. The molecule has 2 aromatic carbocycles. The van der Waals surface area contributed by atoms with Crippen LogP contribution < -0.4 is 19.9 Å². The van der Waals surface area contributed by atoms with Crippen LogP contribution in [0.2, 0.25) is 0 Å². The predicted octanol–water partition coefficient (Wildman–Crippen LogP) is 3.26. The highest BCUT2D eigenvalue weighted by Crippen LogP contribution is 2.38. The zero-order valence-corrected chi connectivity index (χ0v) is 13.1. The van der Waals surface area contributed by atoms with Gasteiger partial charge in [-0.2, -0.15) is 0 Å². The zero-order valence-electron chi connectivity index (χ0n) is 11.5. The topological polar surface area (TPSA) is 53.7 Å². The third-order valence-electron chi connectivity index (χ3n) is 3.25. The normalized spacial score (nSPS) is 12.5. The number of halogens is 1. The largest absolute Gasteiger partial charge is 0.488 e. The zero-order chi connectivity index (χ0) is 14.7. The van der Waals surface area contributed by atoms with Crippen molar-refractivity contribution in [3.8, 4) is 17.2 Å². The summed E-state index contributed by atoms with van der Waals surface area (Å²) >= 11 is 3.46. The van der Waals surface area contributed by atoms with Crippen LogP contribution in [0.25, 0.3) is 0 Å². The molecule has 0 saturated heterocycles. The summed E-state index contributed by atoms with van der Waals surface area (Å²) in [6.45, 7) is 1.32. The molecule has 0 radical (unpaired) electrons. The van der Waals surface area contributed by atoms with Crippen LogP contribution in [0.3, 0.4) is 0 Å². The number of benzene rings is 2. The molecule has 0 aliphatic carbocycles. The first-order valence-corrected chi connectivity index (χ1v) is 7.55. The lowest BCUT2D eigenvalue weighted by Crippen LogP contribution is -2.05. The van der Waals surface area contributed by atoms with Crippen molar-refractivity contribution in [2.45, 2.75) is 13.0 Å². The highest BCUT2D eigenvalue weighted by atomic mass is 79.9. The summed E-state index contributed by atoms with van der Waals surface area (Å²) in [5.74, 6) is 2.28. The lowest BCUT2D eigenvalue weighted by atomic mass is 10.1. The van der Waals surface area contributed by atoms with Gasteiger partial charge in [-0.1, -0.05) is 28.1 Å². The fourth-order valence-corrected chi connectivity index (χ4v) is 2.69. The summed E-state index contributed by atoms with van der Waals surface area (Å²) in [5.41, 5.74) is 7.80. The minimum Gasteiger partial charge on any atom is -0.488 e. The predicted molar refractivity (Wildman–Crippen MR) is 83.8 cm³/mol. The van der Waals surface area contributed by atoms with Crippen molar-refractivity contribution in [3.63, 3.8) is 0 Å². The number of hydrogen-bond donors (Lipinski definition) is 1. The van der Waals surface area contributed by atoms with Crippen molar-refractivity contribution >= 4 is 15.9 Å². The Morgan fingerprint density at radius 2 is 1.95 bits per heavy atom. The molecule has 3 rings (SSSR count). The Kier molecular flexibility index (Phi) is 4.31. The number of nitrogens with two attached hydrogens (primary N) is 1. The summed E-state index contributed by atoms with van der Waals surface area (Å²) < 4.78 is 17.8. The van der Waals surface area contributed by atoms with Gasteiger partial charge in [-0.3, -0.25) is 0 Å². The molecule has 0 spiro atoms. The van der Waals surface area contributed by atoms with E-state index in [0.29, 0.717) is 13.2 Å². The molecule has 0 aromatic heterocycles. The Morgan fingerprint density at radius 1 is 1.14 bits per heavy atom. The van der Waals surface area contributed by atoms with E-state index >= 15 is 0 Å². The second-order valence-electron chi connectivity index (χ2n) is 4.77. The number of hydrogen-bond acceptors (Lipinski definition) is 4. The van der Waals surface area contributed by atoms with Gasteiger partial charge in [-0.05, 0) is 42.3 Å². The Balaban J connectivity index is 1.80. The molecule has 110 valence electrons. The SMILES string of the molecule is NCCc1cc2c(cc1OCc1cccc(Br)c1)OCO2. The monoisotopic (exact) mass is 349 g/mol. The van der Waals surface area contributed by atoms with Gasteiger partial charge in [0.25, 0.3) is 0 Å². The van der Waals surface area contributed by atoms with Crippen molar-refractivity contribution in [1.29, 1.82) is 0 Å². The second kappa shape index (κ2) is 6.37. The Labute approximate surface area is 131 Å². The molecule has 0 fully saturated rings. The minimum atomic E-state index is 0.256. The number of rotatable bonds is 5. The van der Waals surface area contributed by atoms with E-state index in [9.17, 15) is 0 Å². The highest BCUT2D eigenvalue weighted by molar-refractivity contribution is 9.10. The van der Waals surface area contributed by atoms with Gasteiger partial charge in [0, 0.05) is 10.5 Å². The van der Waals surface area contributed by atoms with Crippen LogP contribution in [-0.2, 0) is 13.0 Å². The quantitative estimate of drug-likeness (QED) is 0.899. The van der Waals surface area contributed by atoms with E-state index in [1.54, 1.807) is 0 Å². The molecular weight excluding hydrogens is 334 g/mol. The van der Waals surface area contributed by atoms with Crippen molar-refractivity contribution in [2.75, 3.05) is 13.3 Å². The van der Waals surface area contributed by atoms with E-state index < -0.39 is 0 Å². The first-order valence-electron chi connectivity index (χ1n) is 6.76. The van der Waals surface area contributed by atoms with E-state index in [4.69, 9.17) is 19.9 Å². The average molecular weight is 350 g/mol. The highest BCUT2D eigenvalue weighted by Gasteiger charge is 2.17. The number of fused-ring (bicyclic) bond motifs is 1. The smallest absolute Gasteiger partial charge is 0.231 e. The molecule has 2 aromatic rings. The van der Waals surface area contributed by atoms with Gasteiger partial charge in [-0.25, -0.2) is 0 Å². The molecule has 0 saturated carbocycles. The third kappa shape index (κ3) is 3.31. The van der Waals surface area contributed by atoms with Crippen molar-refractivity contribution in [3.05, 3.63) is 52.0 Å². The third-order valence-corrected chi connectivity index (χ3v) is 3.75. The van der Waals surface area contributed by atoms with Crippen LogP contribution in [0.4, 0.5) is 0 Å². The van der Waals surface area contributed by atoms with E-state index in [1.807, 2.05) is 36.4 Å². The van der Waals surface area contributed by atoms with Crippen LogP contribution in [0.1, 0.15) is 11.1 Å². The fourth-order valence-electron chi connectivity index (χ4n) is 2.24. The van der Waals surface area contributed by atoms with E-state index in [-0.39, 0.29) is 6.79 Å². The summed E-state index contributed by atoms with van der Waals surface area (Å²) in [5, 5.41) is 0. The summed E-state index contributed by atoms with van der Waals surface area (Å²) in [6.07, 6.45) is 0.741. The number of ether oxygens (including phenoxy) is 3. The van der Waals surface area contributed by atoms with Crippen LogP contribution in [0, 0.1) is 0 Å². The van der Waals surface area contributed by atoms with Gasteiger partial charge in [0.05, 0.1) is 0 Å². The maximum atomic E-state index is 5.94. The molecule has 0 atom stereocenters. The second-order valence-corrected chi connectivity index (χ2v) is 5.69. The molecule has 0 unspecified atom stereocenters. The lowest BCUT2D eigenvalue weighted by Gasteiger charge is -2.12. The van der Waals surface area contributed by atoms with Gasteiger partial charge < -0.3 is 19.9 Å². The Bertz CT molecular complexity index is 645. The summed E-state index contributed by atoms with van der Waals surface area (Å²) in [4.78, 5) is 0. The molecule has 1 aliphatic rings. The molecule has 5 heteroatoms. The summed E-state index contributed by atoms with van der Waals surface area (Å²) in [7, 11) is 0. The standard InChI is InChI=1S/C16H16BrNO3/c17-13-3-1-2-11(6-13)9-19-14-8-16-15(20-10-21-16)7-12(14)4-5-18/h1-3,6-8H,4-5,9-10,18H2. The van der Waals surface area contributed by atoms with E-state index in [1.165, 1.54) is 0 Å². The molecule has 4 nitrogen and oxygen atoms in total. The fraction of sp³-hybridized carbons (Fsp3) is 0.250. The van der Waals surface area contributed by atoms with Crippen LogP contribution >= 0.6 is 15.9 Å². The van der Waals surface area contributed by atoms with Crippen LogP contribution in [0.15, 0.2) is 40.9 Å². The van der Waals surface area contributed by atoms with E-state index in [2.05, 4.69) is 15.9 Å². The molecule has 1 heterocycles. The molecule has 21 heavy (non-hydrogen) atoms. The van der Waals surface area contributed by atoms with E-state index in [0.717, 1.165) is 39.3 Å². The first-order chi connectivity index (χ1) is 10.3. The van der Waals surface area contributed by atoms with Crippen LogP contribution in [-0.4, -0.2) is 13.3 Å². The van der Waals surface area contributed by atoms with Crippen molar-refractivity contribution in [1.82, 2.24) is 0 Å². The lowest BCUT2D eigenvalue weighted by molar-refractivity contribution is 0.173. The van der Waals surface area contributed by atoms with Gasteiger partial charge in [0.2, 0.25) is 6.79 Å². The summed E-state index contributed by atoms with van der Waals surface area (Å²) in [6, 6.07) is 11.9. The maximum absolute atomic E-state index is 5.94. The Morgan fingerprint density at radius 3 is 2.71 bits per heavy atom. The maximum Gasteiger partial charge on any atom is 0.231 e. The van der Waals surface area contributed by atoms with Crippen LogP contribution in [0.5, 0.6) is 17.2 Å². The van der Waals surface area contributed by atoms with Gasteiger partial charge in [-0.15, -0.1) is 0 Å². The molecule has 1 aliphatic heterocycles. The molecular formula is C16H16BrNO3.